The van der Waals surface area contributed by atoms with Gasteiger partial charge < -0.3 is 61.6 Å². The van der Waals surface area contributed by atoms with Gasteiger partial charge in [0.1, 0.15) is 12.1 Å². The lowest BCUT2D eigenvalue weighted by Gasteiger charge is -2.32. The van der Waals surface area contributed by atoms with Crippen molar-refractivity contribution < 1.29 is 68.2 Å². The zero-order valence-corrected chi connectivity index (χ0v) is 42.5. The molecular formula is C49H67N13O15. The third kappa shape index (κ3) is 22.2. The molecule has 28 nitrogen and oxygen atoms in total. The van der Waals surface area contributed by atoms with Crippen LogP contribution >= 0.6 is 0 Å². The Morgan fingerprint density at radius 3 is 1.90 bits per heavy atom. The Morgan fingerprint density at radius 2 is 1.27 bits per heavy atom. The lowest BCUT2D eigenvalue weighted by Crippen LogP contribution is -2.47. The maximum atomic E-state index is 12.8. The Hall–Kier alpha value is -7.76. The number of rotatable bonds is 32. The Morgan fingerprint density at radius 1 is 0.688 bits per heavy atom. The van der Waals surface area contributed by atoms with E-state index < -0.39 is 47.4 Å². The predicted molar refractivity (Wildman–Crippen MR) is 274 cm³/mol. The van der Waals surface area contributed by atoms with Gasteiger partial charge in [0.05, 0.1) is 69.3 Å². The zero-order valence-electron chi connectivity index (χ0n) is 42.5. The van der Waals surface area contributed by atoms with Crippen molar-refractivity contribution in [1.29, 1.82) is 0 Å². The molecule has 4 aromatic rings. The first-order chi connectivity index (χ1) is 37.0. The fraction of sp³-hybridized carbons (Fsp3) is 0.510. The van der Waals surface area contributed by atoms with Gasteiger partial charge >= 0.3 is 23.9 Å². The number of aliphatic carboxylic acids is 4. The van der Waals surface area contributed by atoms with Gasteiger partial charge in [-0.15, -0.1) is 0 Å². The number of carbonyl (C=O) groups excluding carboxylic acids is 3. The van der Waals surface area contributed by atoms with E-state index in [4.69, 9.17) is 19.9 Å². The number of carboxylic acids is 4. The Bertz CT molecular complexity index is 2660. The van der Waals surface area contributed by atoms with Crippen molar-refractivity contribution in [3.63, 3.8) is 0 Å². The van der Waals surface area contributed by atoms with Crippen molar-refractivity contribution in [2.75, 3.05) is 103 Å². The maximum Gasteiger partial charge on any atom is 0.326 e. The summed E-state index contributed by atoms with van der Waals surface area (Å²) < 4.78 is 16.6. The Balaban J connectivity index is 0.871. The maximum absolute atomic E-state index is 12.8. The number of nitrogens with zero attached hydrogens (tertiary/aromatic N) is 7. The SMILES string of the molecule is Nc1nc2ncc(CNc3ccc(C(=O)NC(CCC(=O)NCCCOCCOCCOCCCNC(=O)CCC(C(=O)O)N4CCN(CC(=O)O)CCN(CC(=O)O)Cc5cccc(n5)C4)C(=O)O)cc3)nc2c(=O)[nH]1. The lowest BCUT2D eigenvalue weighted by atomic mass is 10.1. The van der Waals surface area contributed by atoms with Crippen LogP contribution in [0.3, 0.4) is 0 Å². The van der Waals surface area contributed by atoms with Gasteiger partial charge in [-0.25, -0.2) is 14.8 Å². The van der Waals surface area contributed by atoms with Crippen molar-refractivity contribution in [2.45, 2.75) is 70.2 Å². The van der Waals surface area contributed by atoms with Crippen LogP contribution in [0.25, 0.3) is 11.2 Å². The van der Waals surface area contributed by atoms with Gasteiger partial charge in [0.25, 0.3) is 11.5 Å². The molecule has 1 aliphatic rings. The number of nitrogen functional groups attached to an aromatic ring is 1. The lowest BCUT2D eigenvalue weighted by molar-refractivity contribution is -0.145. The molecule has 0 radical (unpaired) electrons. The molecule has 418 valence electrons. The molecule has 2 atom stereocenters. The smallest absolute Gasteiger partial charge is 0.326 e. The Kier molecular flexibility index (Phi) is 25.0. The zero-order chi connectivity index (χ0) is 55.5. The molecule has 1 aromatic carbocycles. The largest absolute Gasteiger partial charge is 0.480 e. The van der Waals surface area contributed by atoms with Gasteiger partial charge in [-0.1, -0.05) is 6.07 Å². The molecule has 3 amide bonds. The van der Waals surface area contributed by atoms with Crippen molar-refractivity contribution in [3.05, 3.63) is 81.7 Å². The van der Waals surface area contributed by atoms with Gasteiger partial charge in [-0.2, -0.15) is 4.98 Å². The fourth-order valence-corrected chi connectivity index (χ4v) is 7.92. The van der Waals surface area contributed by atoms with Gasteiger partial charge in [0.15, 0.2) is 11.2 Å². The minimum Gasteiger partial charge on any atom is -0.480 e. The molecule has 0 saturated carbocycles. The average molecular weight is 1080 g/mol. The molecule has 0 saturated heterocycles. The summed E-state index contributed by atoms with van der Waals surface area (Å²) in [5, 5.41) is 49.9. The predicted octanol–water partition coefficient (Wildman–Crippen LogP) is -0.650. The molecule has 1 aliphatic heterocycles. The molecule has 77 heavy (non-hydrogen) atoms. The minimum atomic E-state index is -1.30. The number of pyridine rings is 1. The number of carbonyl (C=O) groups is 7. The standard InChI is InChI=1S/C49H67N13O15/c50-49-58-44-43(46(70)59-49)56-36(27-54-44)26-53-33-8-6-32(7-9-33)45(69)57-37(47(71)72)10-12-39(63)51-14-2-20-75-22-24-77-25-23-76-21-3-15-52-40(64)13-11-38(48(73)74)62-19-18-60(30-41(65)66)16-17-61(31-42(67)68)28-34-4-1-5-35(29-62)55-34/h1,4-9,27,37-38,53H,2-3,10-26,28-31H2,(H,51,63)(H,52,64)(H,57,69)(H,65,66)(H,67,68)(H,71,72)(H,73,74)(H3,50,54,58,59,70). The summed E-state index contributed by atoms with van der Waals surface area (Å²) in [6.07, 6.45) is 2.12. The van der Waals surface area contributed by atoms with Crippen molar-refractivity contribution in [1.82, 2.24) is 55.6 Å². The molecule has 5 rings (SSSR count). The van der Waals surface area contributed by atoms with E-state index in [0.29, 0.717) is 88.3 Å². The van der Waals surface area contributed by atoms with E-state index in [1.807, 2.05) is 0 Å². The molecule has 2 bridgehead atoms. The number of hydrogen-bond donors (Lipinski definition) is 10. The summed E-state index contributed by atoms with van der Waals surface area (Å²) in [7, 11) is 0. The van der Waals surface area contributed by atoms with Crippen LogP contribution in [0.1, 0.15) is 66.0 Å². The second kappa shape index (κ2) is 32.0. The summed E-state index contributed by atoms with van der Waals surface area (Å²) in [6, 6.07) is 9.13. The summed E-state index contributed by atoms with van der Waals surface area (Å²) in [5.74, 6) is -5.93. The molecule has 4 heterocycles. The van der Waals surface area contributed by atoms with E-state index in [1.165, 1.54) is 18.3 Å². The molecule has 3 aromatic heterocycles. The molecule has 0 aliphatic carbocycles. The summed E-state index contributed by atoms with van der Waals surface area (Å²) in [6.45, 7) is 3.32. The van der Waals surface area contributed by atoms with Crippen LogP contribution in [0, 0.1) is 0 Å². The van der Waals surface area contributed by atoms with E-state index >= 15 is 0 Å². The number of nitrogens with two attached hydrogens (primary N) is 1. The number of ether oxygens (including phenoxy) is 3. The third-order valence-corrected chi connectivity index (χ3v) is 11.8. The average Bonchev–Trinajstić information content (AvgIpc) is 3.38. The highest BCUT2D eigenvalue weighted by Gasteiger charge is 2.29. The normalized spacial score (nSPS) is 14.3. The van der Waals surface area contributed by atoms with Crippen molar-refractivity contribution in [2.24, 2.45) is 0 Å². The van der Waals surface area contributed by atoms with E-state index in [2.05, 4.69) is 46.2 Å². The first-order valence-electron chi connectivity index (χ1n) is 25.0. The molecule has 0 spiro atoms. The van der Waals surface area contributed by atoms with Crippen molar-refractivity contribution in [3.8, 4) is 0 Å². The third-order valence-electron chi connectivity index (χ3n) is 11.8. The number of carboxylic acid groups (broad SMARTS) is 4. The summed E-state index contributed by atoms with van der Waals surface area (Å²) >= 11 is 0. The highest BCUT2D eigenvalue weighted by atomic mass is 16.5. The molecule has 0 fully saturated rings. The van der Waals surface area contributed by atoms with Gasteiger partial charge in [-0.05, 0) is 62.1 Å². The molecule has 11 N–H and O–H groups in total. The molecule has 2 unspecified atom stereocenters. The van der Waals surface area contributed by atoms with Crippen LogP contribution in [-0.2, 0) is 62.6 Å². The summed E-state index contributed by atoms with van der Waals surface area (Å²) in [4.78, 5) is 122. The van der Waals surface area contributed by atoms with Crippen LogP contribution in [-0.4, -0.2) is 206 Å². The first kappa shape index (κ1) is 60.1. The van der Waals surface area contributed by atoms with E-state index in [1.54, 1.807) is 45.0 Å². The van der Waals surface area contributed by atoms with Gasteiger partial charge in [0, 0.05) is 89.7 Å². The number of nitrogens with one attached hydrogen (secondary N) is 5. The van der Waals surface area contributed by atoms with Crippen molar-refractivity contribution >= 4 is 64.4 Å². The van der Waals surface area contributed by atoms with E-state index in [-0.39, 0.29) is 119 Å². The number of H-pyrrole nitrogens is 1. The van der Waals surface area contributed by atoms with Crippen LogP contribution in [0.5, 0.6) is 0 Å². The number of anilines is 2. The van der Waals surface area contributed by atoms with Crippen LogP contribution in [0.4, 0.5) is 11.6 Å². The van der Waals surface area contributed by atoms with E-state index in [0.717, 1.165) is 0 Å². The summed E-state index contributed by atoms with van der Waals surface area (Å²) in [5.41, 5.74) is 7.60. The minimum absolute atomic E-state index is 0.00330. The second-order valence-corrected chi connectivity index (χ2v) is 17.8. The molecule has 28 heteroatoms. The number of amides is 3. The quantitative estimate of drug-likeness (QED) is 0.0272. The second-order valence-electron chi connectivity index (χ2n) is 17.8. The number of hydrogen-bond acceptors (Lipinski definition) is 20. The monoisotopic (exact) mass is 1080 g/mol. The fourth-order valence-electron chi connectivity index (χ4n) is 7.92. The first-order valence-corrected chi connectivity index (χ1v) is 25.0. The number of fused-ring (bicyclic) bond motifs is 3. The molecular weight excluding hydrogens is 1010 g/mol. The van der Waals surface area contributed by atoms with E-state index in [9.17, 15) is 58.8 Å². The topological polar surface area (TPSA) is 396 Å². The number of aromatic nitrogens is 5. The Labute approximate surface area is 442 Å². The van der Waals surface area contributed by atoms with Crippen LogP contribution < -0.4 is 32.6 Å². The number of aromatic amines is 1. The van der Waals surface area contributed by atoms with Gasteiger partial charge in [-0.3, -0.25) is 58.2 Å². The highest BCUT2D eigenvalue weighted by molar-refractivity contribution is 5.97. The number of benzene rings is 1. The van der Waals surface area contributed by atoms with Crippen LogP contribution in [0.2, 0.25) is 0 Å². The van der Waals surface area contributed by atoms with Gasteiger partial charge in [0.2, 0.25) is 17.8 Å². The highest BCUT2D eigenvalue weighted by Crippen LogP contribution is 2.16. The van der Waals surface area contributed by atoms with Crippen LogP contribution in [0.15, 0.2) is 53.5 Å².